The Morgan fingerprint density at radius 1 is 1.31 bits per heavy atom. The zero-order valence-corrected chi connectivity index (χ0v) is 9.44. The molecule has 0 aliphatic rings. The summed E-state index contributed by atoms with van der Waals surface area (Å²) in [6.45, 7) is 1.26. The molecule has 0 amide bonds. The first-order valence-electron chi connectivity index (χ1n) is 4.50. The predicted octanol–water partition coefficient (Wildman–Crippen LogP) is 0.917. The van der Waals surface area contributed by atoms with Gasteiger partial charge in [-0.2, -0.15) is 8.42 Å². The fraction of sp³-hybridized carbons (Fsp3) is 0.300. The quantitative estimate of drug-likeness (QED) is 0.768. The van der Waals surface area contributed by atoms with E-state index in [0.29, 0.717) is 5.56 Å². The molecule has 0 aliphatic heterocycles. The molecule has 1 atom stereocenters. The van der Waals surface area contributed by atoms with E-state index >= 15 is 0 Å². The fourth-order valence-electron chi connectivity index (χ4n) is 1.44. The summed E-state index contributed by atoms with van der Waals surface area (Å²) in [5.41, 5.74) is -1.31. The van der Waals surface area contributed by atoms with Crippen LogP contribution < -0.4 is 0 Å². The Morgan fingerprint density at radius 2 is 1.81 bits per heavy atom. The number of carboxylic acid groups (broad SMARTS) is 1. The van der Waals surface area contributed by atoms with Crippen LogP contribution >= 0.6 is 0 Å². The van der Waals surface area contributed by atoms with E-state index in [1.165, 1.54) is 19.1 Å². The van der Waals surface area contributed by atoms with Crippen LogP contribution in [0, 0.1) is 0 Å². The lowest BCUT2D eigenvalue weighted by Crippen LogP contribution is -2.39. The van der Waals surface area contributed by atoms with Crippen molar-refractivity contribution in [2.45, 2.75) is 12.3 Å². The summed E-state index contributed by atoms with van der Waals surface area (Å²) in [5, 5.41) is 9.07. The van der Waals surface area contributed by atoms with Crippen LogP contribution in [-0.2, 0) is 20.3 Å². The van der Waals surface area contributed by atoms with Gasteiger partial charge in [-0.25, -0.2) is 0 Å². The molecule has 1 aromatic carbocycles. The van der Waals surface area contributed by atoms with E-state index in [9.17, 15) is 13.2 Å². The van der Waals surface area contributed by atoms with E-state index in [4.69, 9.17) is 9.66 Å². The maximum atomic E-state index is 11.1. The molecule has 0 saturated carbocycles. The van der Waals surface area contributed by atoms with Gasteiger partial charge >= 0.3 is 5.97 Å². The van der Waals surface area contributed by atoms with Gasteiger partial charge < -0.3 is 5.11 Å². The number of hydrogen-bond acceptors (Lipinski definition) is 3. The molecule has 6 heteroatoms. The van der Waals surface area contributed by atoms with Crippen LogP contribution in [0.15, 0.2) is 30.3 Å². The largest absolute Gasteiger partial charge is 0.481 e. The molecular weight excluding hydrogens is 232 g/mol. The highest BCUT2D eigenvalue weighted by Gasteiger charge is 2.39. The minimum atomic E-state index is -4.36. The summed E-state index contributed by atoms with van der Waals surface area (Å²) in [7, 11) is -4.36. The summed E-state index contributed by atoms with van der Waals surface area (Å²) in [5.74, 6) is -2.14. The zero-order chi connectivity index (χ0) is 12.4. The maximum absolute atomic E-state index is 11.1. The molecule has 0 spiro atoms. The highest BCUT2D eigenvalue weighted by molar-refractivity contribution is 7.85. The van der Waals surface area contributed by atoms with Gasteiger partial charge in [-0.15, -0.1) is 0 Å². The highest BCUT2D eigenvalue weighted by Crippen LogP contribution is 2.25. The second-order valence-electron chi connectivity index (χ2n) is 3.73. The van der Waals surface area contributed by atoms with E-state index in [2.05, 4.69) is 0 Å². The lowest BCUT2D eigenvalue weighted by Gasteiger charge is -2.23. The SMILES string of the molecule is CC(CS(=O)(=O)O)(C(=O)O)c1ccccc1. The monoisotopic (exact) mass is 244 g/mol. The minimum Gasteiger partial charge on any atom is -0.481 e. The van der Waals surface area contributed by atoms with Crippen LogP contribution in [0.1, 0.15) is 12.5 Å². The van der Waals surface area contributed by atoms with Gasteiger partial charge in [-0.1, -0.05) is 30.3 Å². The Hall–Kier alpha value is -1.40. The predicted molar refractivity (Wildman–Crippen MR) is 57.8 cm³/mol. The molecular formula is C10H12O5S. The van der Waals surface area contributed by atoms with Crippen LogP contribution in [-0.4, -0.2) is 29.8 Å². The molecule has 0 aliphatic carbocycles. The smallest absolute Gasteiger partial charge is 0.314 e. The van der Waals surface area contributed by atoms with E-state index in [0.717, 1.165) is 0 Å². The van der Waals surface area contributed by atoms with Crippen molar-refractivity contribution in [3.8, 4) is 0 Å². The van der Waals surface area contributed by atoms with E-state index in [1.807, 2.05) is 0 Å². The van der Waals surface area contributed by atoms with Crippen LogP contribution in [0.2, 0.25) is 0 Å². The molecule has 0 heterocycles. The molecule has 2 N–H and O–H groups in total. The molecule has 0 radical (unpaired) electrons. The minimum absolute atomic E-state index is 0.333. The first-order chi connectivity index (χ1) is 7.26. The maximum Gasteiger partial charge on any atom is 0.314 e. The molecule has 1 rings (SSSR count). The molecule has 0 fully saturated rings. The van der Waals surface area contributed by atoms with Crippen molar-refractivity contribution in [2.24, 2.45) is 0 Å². The number of carboxylic acids is 1. The van der Waals surface area contributed by atoms with Crippen molar-refractivity contribution in [1.82, 2.24) is 0 Å². The van der Waals surface area contributed by atoms with Crippen LogP contribution in [0.5, 0.6) is 0 Å². The van der Waals surface area contributed by atoms with Crippen molar-refractivity contribution in [3.05, 3.63) is 35.9 Å². The topological polar surface area (TPSA) is 91.7 Å². The number of benzene rings is 1. The van der Waals surface area contributed by atoms with Crippen LogP contribution in [0.3, 0.4) is 0 Å². The van der Waals surface area contributed by atoms with E-state index < -0.39 is 27.3 Å². The van der Waals surface area contributed by atoms with Crippen LogP contribution in [0.4, 0.5) is 0 Å². The van der Waals surface area contributed by atoms with Crippen LogP contribution in [0.25, 0.3) is 0 Å². The summed E-state index contributed by atoms with van der Waals surface area (Å²) in [4.78, 5) is 11.1. The van der Waals surface area contributed by atoms with Crippen molar-refractivity contribution >= 4 is 16.1 Å². The van der Waals surface area contributed by atoms with Gasteiger partial charge in [0.05, 0.1) is 5.75 Å². The number of aliphatic carboxylic acids is 1. The third-order valence-electron chi connectivity index (χ3n) is 2.35. The summed E-state index contributed by atoms with van der Waals surface area (Å²) < 4.78 is 30.4. The summed E-state index contributed by atoms with van der Waals surface area (Å²) in [6.07, 6.45) is 0. The molecule has 0 saturated heterocycles. The Kier molecular flexibility index (Phi) is 3.35. The lowest BCUT2D eigenvalue weighted by atomic mass is 9.85. The second-order valence-corrected chi connectivity index (χ2v) is 5.18. The molecule has 1 aromatic rings. The number of hydrogen-bond donors (Lipinski definition) is 2. The molecule has 0 aromatic heterocycles. The van der Waals surface area contributed by atoms with Gasteiger partial charge in [0.1, 0.15) is 5.41 Å². The van der Waals surface area contributed by atoms with Crippen molar-refractivity contribution in [1.29, 1.82) is 0 Å². The zero-order valence-electron chi connectivity index (χ0n) is 8.62. The van der Waals surface area contributed by atoms with E-state index in [1.54, 1.807) is 18.2 Å². The average molecular weight is 244 g/mol. The number of carbonyl (C=O) groups is 1. The molecule has 88 valence electrons. The number of rotatable bonds is 4. The third kappa shape index (κ3) is 2.80. The normalized spacial score (nSPS) is 15.4. The van der Waals surface area contributed by atoms with Crippen molar-refractivity contribution < 1.29 is 22.9 Å². The standard InChI is InChI=1S/C10H12O5S/c1-10(9(11)12,7-16(13,14)15)8-5-3-2-4-6-8/h2-6H,7H2,1H3,(H,11,12)(H,13,14,15). The summed E-state index contributed by atoms with van der Waals surface area (Å²) in [6, 6.07) is 7.94. The van der Waals surface area contributed by atoms with Gasteiger partial charge in [0.2, 0.25) is 0 Å². The summed E-state index contributed by atoms with van der Waals surface area (Å²) >= 11 is 0. The Bertz CT molecular complexity index is 479. The van der Waals surface area contributed by atoms with Crippen molar-refractivity contribution in [3.63, 3.8) is 0 Å². The van der Waals surface area contributed by atoms with Gasteiger partial charge in [0.15, 0.2) is 0 Å². The lowest BCUT2D eigenvalue weighted by molar-refractivity contribution is -0.142. The van der Waals surface area contributed by atoms with E-state index in [-0.39, 0.29) is 0 Å². The fourth-order valence-corrected chi connectivity index (χ4v) is 2.46. The third-order valence-corrected chi connectivity index (χ3v) is 3.30. The Labute approximate surface area is 93.5 Å². The first kappa shape index (κ1) is 12.7. The molecule has 0 bridgehead atoms. The van der Waals surface area contributed by atoms with Gasteiger partial charge in [-0.3, -0.25) is 9.35 Å². The molecule has 5 nitrogen and oxygen atoms in total. The second kappa shape index (κ2) is 4.23. The Balaban J connectivity index is 3.23. The molecule has 16 heavy (non-hydrogen) atoms. The first-order valence-corrected chi connectivity index (χ1v) is 6.11. The van der Waals surface area contributed by atoms with Crippen molar-refractivity contribution in [2.75, 3.05) is 5.75 Å². The van der Waals surface area contributed by atoms with Gasteiger partial charge in [0.25, 0.3) is 10.1 Å². The van der Waals surface area contributed by atoms with Gasteiger partial charge in [0, 0.05) is 0 Å². The Morgan fingerprint density at radius 3 is 2.19 bits per heavy atom. The molecule has 1 unspecified atom stereocenters. The average Bonchev–Trinajstić information content (AvgIpc) is 2.16. The highest BCUT2D eigenvalue weighted by atomic mass is 32.2. The van der Waals surface area contributed by atoms with Gasteiger partial charge in [-0.05, 0) is 12.5 Å².